The first-order valence-corrected chi connectivity index (χ1v) is 8.23. The average molecular weight is 297 g/mol. The van der Waals surface area contributed by atoms with Gasteiger partial charge in [-0.15, -0.1) is 11.8 Å². The molecule has 0 amide bonds. The maximum absolute atomic E-state index is 5.94. The number of rotatable bonds is 6. The van der Waals surface area contributed by atoms with Gasteiger partial charge in [0.25, 0.3) is 0 Å². The standard InChI is InChI=1S/C18H19NOS/c19-10-8-14-6-7-15-13-16(20-18(15)12-14)9-11-21-17-4-2-1-3-5-17/h1-7,12-13H,8-11,19H2. The molecular weight excluding hydrogens is 278 g/mol. The summed E-state index contributed by atoms with van der Waals surface area (Å²) in [6, 6.07) is 19.0. The van der Waals surface area contributed by atoms with Gasteiger partial charge >= 0.3 is 0 Å². The molecule has 0 unspecified atom stereocenters. The summed E-state index contributed by atoms with van der Waals surface area (Å²) >= 11 is 1.86. The van der Waals surface area contributed by atoms with Crippen LogP contribution >= 0.6 is 11.8 Å². The van der Waals surface area contributed by atoms with E-state index in [-0.39, 0.29) is 0 Å². The molecule has 0 bridgehead atoms. The van der Waals surface area contributed by atoms with Crippen LogP contribution < -0.4 is 5.73 Å². The maximum atomic E-state index is 5.94. The van der Waals surface area contributed by atoms with Crippen LogP contribution in [-0.4, -0.2) is 12.3 Å². The smallest absolute Gasteiger partial charge is 0.134 e. The van der Waals surface area contributed by atoms with Gasteiger partial charge < -0.3 is 10.2 Å². The van der Waals surface area contributed by atoms with E-state index in [1.54, 1.807) is 0 Å². The van der Waals surface area contributed by atoms with E-state index in [1.165, 1.54) is 15.8 Å². The van der Waals surface area contributed by atoms with Crippen molar-refractivity contribution in [2.24, 2.45) is 5.73 Å². The van der Waals surface area contributed by atoms with Gasteiger partial charge in [0.15, 0.2) is 0 Å². The summed E-state index contributed by atoms with van der Waals surface area (Å²) in [5.41, 5.74) is 7.81. The maximum Gasteiger partial charge on any atom is 0.134 e. The summed E-state index contributed by atoms with van der Waals surface area (Å²) in [6.07, 6.45) is 1.84. The predicted molar refractivity (Wildman–Crippen MR) is 89.8 cm³/mol. The molecule has 0 aliphatic carbocycles. The van der Waals surface area contributed by atoms with Gasteiger partial charge in [-0.25, -0.2) is 0 Å². The Hall–Kier alpha value is -1.71. The van der Waals surface area contributed by atoms with Crippen molar-refractivity contribution in [1.29, 1.82) is 0 Å². The average Bonchev–Trinajstić information content (AvgIpc) is 2.91. The highest BCUT2D eigenvalue weighted by molar-refractivity contribution is 7.99. The molecule has 0 spiro atoms. The summed E-state index contributed by atoms with van der Waals surface area (Å²) in [6.45, 7) is 0.673. The van der Waals surface area contributed by atoms with Gasteiger partial charge in [0, 0.05) is 22.5 Å². The Morgan fingerprint density at radius 2 is 1.81 bits per heavy atom. The van der Waals surface area contributed by atoms with Crippen LogP contribution in [0.3, 0.4) is 0 Å². The normalized spacial score (nSPS) is 11.1. The number of furan rings is 1. The van der Waals surface area contributed by atoms with Crippen molar-refractivity contribution in [2.45, 2.75) is 17.7 Å². The van der Waals surface area contributed by atoms with E-state index in [0.717, 1.165) is 29.9 Å². The fraction of sp³-hybridized carbons (Fsp3) is 0.222. The summed E-state index contributed by atoms with van der Waals surface area (Å²) in [5, 5.41) is 1.18. The number of fused-ring (bicyclic) bond motifs is 1. The Bertz CT molecular complexity index is 706. The molecule has 0 fully saturated rings. The van der Waals surface area contributed by atoms with E-state index in [0.29, 0.717) is 6.54 Å². The van der Waals surface area contributed by atoms with Crippen molar-refractivity contribution in [3.8, 4) is 0 Å². The lowest BCUT2D eigenvalue weighted by Gasteiger charge is -1.99. The zero-order chi connectivity index (χ0) is 14.5. The van der Waals surface area contributed by atoms with Crippen LogP contribution in [0.15, 0.2) is 63.9 Å². The van der Waals surface area contributed by atoms with Crippen LogP contribution in [-0.2, 0) is 12.8 Å². The van der Waals surface area contributed by atoms with Crippen LogP contribution in [0, 0.1) is 0 Å². The van der Waals surface area contributed by atoms with Crippen LogP contribution in [0.4, 0.5) is 0 Å². The first kappa shape index (κ1) is 14.2. The summed E-state index contributed by atoms with van der Waals surface area (Å²) in [4.78, 5) is 1.30. The van der Waals surface area contributed by atoms with Gasteiger partial charge in [-0.05, 0) is 42.8 Å². The van der Waals surface area contributed by atoms with Crippen molar-refractivity contribution in [2.75, 3.05) is 12.3 Å². The second-order valence-electron chi connectivity index (χ2n) is 5.04. The zero-order valence-electron chi connectivity index (χ0n) is 11.9. The van der Waals surface area contributed by atoms with Gasteiger partial charge in [-0.3, -0.25) is 0 Å². The fourth-order valence-corrected chi connectivity index (χ4v) is 3.25. The number of nitrogens with two attached hydrogens (primary N) is 1. The van der Waals surface area contributed by atoms with E-state index < -0.39 is 0 Å². The van der Waals surface area contributed by atoms with Gasteiger partial charge in [0.05, 0.1) is 0 Å². The van der Waals surface area contributed by atoms with Crippen LogP contribution in [0.25, 0.3) is 11.0 Å². The highest BCUT2D eigenvalue weighted by atomic mass is 32.2. The lowest BCUT2D eigenvalue weighted by Crippen LogP contribution is -2.02. The second kappa shape index (κ2) is 6.83. The molecule has 0 saturated carbocycles. The Morgan fingerprint density at radius 1 is 0.952 bits per heavy atom. The summed E-state index contributed by atoms with van der Waals surface area (Å²) < 4.78 is 5.94. The van der Waals surface area contributed by atoms with Gasteiger partial charge in [-0.2, -0.15) is 0 Å². The number of benzene rings is 2. The Kier molecular flexibility index (Phi) is 4.63. The highest BCUT2D eigenvalue weighted by Gasteiger charge is 2.05. The highest BCUT2D eigenvalue weighted by Crippen LogP contribution is 2.24. The fourth-order valence-electron chi connectivity index (χ4n) is 2.36. The topological polar surface area (TPSA) is 39.2 Å². The van der Waals surface area contributed by atoms with Crippen LogP contribution in [0.2, 0.25) is 0 Å². The van der Waals surface area contributed by atoms with Gasteiger partial charge in [0.2, 0.25) is 0 Å². The zero-order valence-corrected chi connectivity index (χ0v) is 12.7. The largest absolute Gasteiger partial charge is 0.461 e. The molecule has 0 saturated heterocycles. The van der Waals surface area contributed by atoms with E-state index >= 15 is 0 Å². The minimum Gasteiger partial charge on any atom is -0.461 e. The van der Waals surface area contributed by atoms with Crippen LogP contribution in [0.1, 0.15) is 11.3 Å². The van der Waals surface area contributed by atoms with Crippen molar-refractivity contribution in [3.63, 3.8) is 0 Å². The Balaban J connectivity index is 1.64. The molecule has 2 N–H and O–H groups in total. The number of hydrogen-bond acceptors (Lipinski definition) is 3. The number of hydrogen-bond donors (Lipinski definition) is 1. The third-order valence-electron chi connectivity index (χ3n) is 3.43. The van der Waals surface area contributed by atoms with Crippen molar-refractivity contribution < 1.29 is 4.42 Å². The first-order valence-electron chi connectivity index (χ1n) is 7.24. The minimum atomic E-state index is 0.673. The molecule has 3 rings (SSSR count). The van der Waals surface area contributed by atoms with Crippen molar-refractivity contribution in [3.05, 3.63) is 65.9 Å². The molecule has 1 heterocycles. The van der Waals surface area contributed by atoms with E-state index in [1.807, 2.05) is 17.8 Å². The van der Waals surface area contributed by atoms with Gasteiger partial charge in [0.1, 0.15) is 11.3 Å². The lowest BCUT2D eigenvalue weighted by molar-refractivity contribution is 0.558. The molecule has 2 nitrogen and oxygen atoms in total. The van der Waals surface area contributed by atoms with E-state index in [4.69, 9.17) is 10.2 Å². The first-order chi connectivity index (χ1) is 10.3. The lowest BCUT2D eigenvalue weighted by atomic mass is 10.1. The van der Waals surface area contributed by atoms with Crippen molar-refractivity contribution >= 4 is 22.7 Å². The molecule has 1 aromatic heterocycles. The summed E-state index contributed by atoms with van der Waals surface area (Å²) in [5.74, 6) is 2.08. The molecule has 21 heavy (non-hydrogen) atoms. The quantitative estimate of drug-likeness (QED) is 0.691. The number of aryl methyl sites for hydroxylation is 1. The molecule has 0 aliphatic rings. The monoisotopic (exact) mass is 297 g/mol. The number of thioether (sulfide) groups is 1. The Morgan fingerprint density at radius 3 is 2.62 bits per heavy atom. The second-order valence-corrected chi connectivity index (χ2v) is 6.20. The third-order valence-corrected chi connectivity index (χ3v) is 4.44. The molecule has 0 atom stereocenters. The summed E-state index contributed by atoms with van der Waals surface area (Å²) in [7, 11) is 0. The van der Waals surface area contributed by atoms with E-state index in [2.05, 4.69) is 48.5 Å². The predicted octanol–water partition coefficient (Wildman–Crippen LogP) is 4.27. The molecular formula is C18H19NOS. The van der Waals surface area contributed by atoms with E-state index in [9.17, 15) is 0 Å². The molecule has 3 aromatic rings. The Labute approximate surface area is 129 Å². The molecule has 0 aliphatic heterocycles. The molecule has 0 radical (unpaired) electrons. The molecule has 108 valence electrons. The van der Waals surface area contributed by atoms with Crippen molar-refractivity contribution in [1.82, 2.24) is 0 Å². The molecule has 3 heteroatoms. The SMILES string of the molecule is NCCc1ccc2cc(CCSc3ccccc3)oc2c1. The molecule has 2 aromatic carbocycles. The minimum absolute atomic E-state index is 0.673. The van der Waals surface area contributed by atoms with Gasteiger partial charge in [-0.1, -0.05) is 30.3 Å². The van der Waals surface area contributed by atoms with Crippen LogP contribution in [0.5, 0.6) is 0 Å². The third kappa shape index (κ3) is 3.69.